The molecule has 4 rings (SSSR count). The zero-order valence-corrected chi connectivity index (χ0v) is 22.3. The molecule has 0 radical (unpaired) electrons. The zero-order valence-electron chi connectivity index (χ0n) is 21.5. The molecule has 0 fully saturated rings. The molecule has 192 valence electrons. The summed E-state index contributed by atoms with van der Waals surface area (Å²) in [6, 6.07) is 17.8. The summed E-state index contributed by atoms with van der Waals surface area (Å²) < 4.78 is 8.29. The number of unbranched alkanes of at least 4 members (excludes halogenated alkanes) is 2. The summed E-state index contributed by atoms with van der Waals surface area (Å²) in [5.41, 5.74) is 3.92. The third kappa shape index (κ3) is 7.76. The molecule has 37 heavy (non-hydrogen) atoms. The number of benzene rings is 2. The van der Waals surface area contributed by atoms with Crippen LogP contribution in [0.25, 0.3) is 10.1 Å². The average molecular weight is 517 g/mol. The van der Waals surface area contributed by atoms with Gasteiger partial charge in [0, 0.05) is 36.6 Å². The van der Waals surface area contributed by atoms with E-state index >= 15 is 0 Å². The van der Waals surface area contributed by atoms with Gasteiger partial charge in [0.2, 0.25) is 0 Å². The standard InChI is InChI=1S/C24H22N4O2S.C5H10O/c1-3-30-24(29)23-11-19-10-20(8-9-22(19)31-23)27(2)15-21-13-26-16-28(21)14-18-6-4-17(12-25)5-7-18;1-2-3-4-5-6/h4-11,13,16H,3,14-15H2,1-2H3;5H,2-4H2,1H3. The van der Waals surface area contributed by atoms with Crippen LogP contribution in [0.15, 0.2) is 61.1 Å². The molecule has 0 saturated heterocycles. The van der Waals surface area contributed by atoms with Gasteiger partial charge in [-0.25, -0.2) is 9.78 Å². The number of aromatic nitrogens is 2. The number of rotatable bonds is 10. The molecule has 2 aromatic heterocycles. The van der Waals surface area contributed by atoms with Gasteiger partial charge >= 0.3 is 5.97 Å². The van der Waals surface area contributed by atoms with Crippen LogP contribution in [-0.4, -0.2) is 35.5 Å². The van der Waals surface area contributed by atoms with Crippen LogP contribution in [0, 0.1) is 11.3 Å². The Bertz CT molecular complexity index is 1350. The lowest BCUT2D eigenvalue weighted by molar-refractivity contribution is -0.107. The van der Waals surface area contributed by atoms with Gasteiger partial charge in [0.05, 0.1) is 36.8 Å². The van der Waals surface area contributed by atoms with Gasteiger partial charge in [0.25, 0.3) is 0 Å². The first-order valence-corrected chi connectivity index (χ1v) is 13.1. The van der Waals surface area contributed by atoms with Crippen molar-refractivity contribution in [3.63, 3.8) is 0 Å². The van der Waals surface area contributed by atoms with E-state index in [-0.39, 0.29) is 5.97 Å². The van der Waals surface area contributed by atoms with Crippen molar-refractivity contribution in [3.8, 4) is 6.07 Å². The molecule has 0 saturated carbocycles. The fraction of sp³-hybridized carbons (Fsp3) is 0.310. The van der Waals surface area contributed by atoms with Gasteiger partial charge in [-0.3, -0.25) is 0 Å². The SMILES string of the molecule is CCCCC=O.CCOC(=O)c1cc2cc(N(C)Cc3cncn3Cc3ccc(C#N)cc3)ccc2s1. The third-order valence-corrected chi connectivity index (χ3v) is 6.82. The minimum Gasteiger partial charge on any atom is -0.462 e. The van der Waals surface area contributed by atoms with Crippen LogP contribution in [0.1, 0.15) is 59.6 Å². The van der Waals surface area contributed by atoms with Crippen molar-refractivity contribution >= 4 is 39.4 Å². The fourth-order valence-corrected chi connectivity index (χ4v) is 4.63. The van der Waals surface area contributed by atoms with E-state index in [1.165, 1.54) is 11.3 Å². The quantitative estimate of drug-likeness (QED) is 0.142. The Balaban J connectivity index is 0.000000568. The van der Waals surface area contributed by atoms with Gasteiger partial charge < -0.3 is 19.0 Å². The second-order valence-electron chi connectivity index (χ2n) is 8.54. The molecule has 0 unspecified atom stereocenters. The molecular weight excluding hydrogens is 484 g/mol. The lowest BCUT2D eigenvalue weighted by atomic mass is 10.1. The Morgan fingerprint density at radius 1 is 1.19 bits per heavy atom. The third-order valence-electron chi connectivity index (χ3n) is 5.73. The Hall–Kier alpha value is -3.96. The number of thiophene rings is 1. The van der Waals surface area contributed by atoms with Gasteiger partial charge in [-0.05, 0) is 60.7 Å². The smallest absolute Gasteiger partial charge is 0.348 e. The highest BCUT2D eigenvalue weighted by molar-refractivity contribution is 7.20. The maximum absolute atomic E-state index is 12.0. The van der Waals surface area contributed by atoms with E-state index in [4.69, 9.17) is 10.00 Å². The van der Waals surface area contributed by atoms with E-state index in [2.05, 4.69) is 39.6 Å². The fourth-order valence-electron chi connectivity index (χ4n) is 3.70. The predicted molar refractivity (Wildman–Crippen MR) is 148 cm³/mol. The van der Waals surface area contributed by atoms with Crippen LogP contribution in [0.5, 0.6) is 0 Å². The van der Waals surface area contributed by atoms with Crippen LogP contribution in [0.4, 0.5) is 5.69 Å². The van der Waals surface area contributed by atoms with Crippen molar-refractivity contribution < 1.29 is 14.3 Å². The Morgan fingerprint density at radius 2 is 1.97 bits per heavy atom. The molecule has 0 bridgehead atoms. The lowest BCUT2D eigenvalue weighted by Crippen LogP contribution is -2.19. The largest absolute Gasteiger partial charge is 0.462 e. The van der Waals surface area contributed by atoms with Crippen molar-refractivity contribution in [2.24, 2.45) is 0 Å². The molecular formula is C29H32N4O3S. The van der Waals surface area contributed by atoms with Crippen LogP contribution in [-0.2, 0) is 22.6 Å². The number of nitrogens with zero attached hydrogens (tertiary/aromatic N) is 4. The highest BCUT2D eigenvalue weighted by Crippen LogP contribution is 2.30. The highest BCUT2D eigenvalue weighted by Gasteiger charge is 2.13. The molecule has 7 nitrogen and oxygen atoms in total. The number of hydrogen-bond acceptors (Lipinski definition) is 7. The van der Waals surface area contributed by atoms with Crippen molar-refractivity contribution in [3.05, 3.63) is 82.8 Å². The predicted octanol–water partition coefficient (Wildman–Crippen LogP) is 6.21. The molecule has 8 heteroatoms. The van der Waals surface area contributed by atoms with E-state index in [1.54, 1.807) is 0 Å². The van der Waals surface area contributed by atoms with Gasteiger partial charge in [-0.2, -0.15) is 5.26 Å². The minimum atomic E-state index is -0.273. The number of carbonyl (C=O) groups is 2. The molecule has 0 aliphatic heterocycles. The monoisotopic (exact) mass is 516 g/mol. The molecule has 0 amide bonds. The number of carbonyl (C=O) groups excluding carboxylic acids is 2. The molecule has 0 atom stereocenters. The van der Waals surface area contributed by atoms with Crippen LogP contribution >= 0.6 is 11.3 Å². The number of imidazole rings is 1. The first-order chi connectivity index (χ1) is 18.0. The van der Waals surface area contributed by atoms with Crippen molar-refractivity contribution in [2.45, 2.75) is 46.2 Å². The molecule has 2 aromatic carbocycles. The lowest BCUT2D eigenvalue weighted by Gasteiger charge is -2.20. The Morgan fingerprint density at radius 3 is 2.62 bits per heavy atom. The highest BCUT2D eigenvalue weighted by atomic mass is 32.1. The molecule has 0 N–H and O–H groups in total. The summed E-state index contributed by atoms with van der Waals surface area (Å²) in [6.45, 7) is 5.64. The number of nitriles is 1. The van der Waals surface area contributed by atoms with E-state index in [0.717, 1.165) is 52.6 Å². The number of aldehydes is 1. The summed E-state index contributed by atoms with van der Waals surface area (Å²) in [5, 5.41) is 9.99. The Labute approximate surface area is 221 Å². The van der Waals surface area contributed by atoms with Crippen LogP contribution in [0.2, 0.25) is 0 Å². The van der Waals surface area contributed by atoms with Crippen LogP contribution in [0.3, 0.4) is 0 Å². The molecule has 0 spiro atoms. The van der Waals surface area contributed by atoms with Crippen molar-refractivity contribution in [1.29, 1.82) is 5.26 Å². The van der Waals surface area contributed by atoms with Crippen molar-refractivity contribution in [2.75, 3.05) is 18.6 Å². The second-order valence-corrected chi connectivity index (χ2v) is 9.62. The number of fused-ring (bicyclic) bond motifs is 1. The van der Waals surface area contributed by atoms with E-state index in [9.17, 15) is 9.59 Å². The first-order valence-electron chi connectivity index (χ1n) is 12.3. The number of esters is 1. The van der Waals surface area contributed by atoms with E-state index in [1.807, 2.05) is 62.9 Å². The van der Waals surface area contributed by atoms with Gasteiger partial charge in [-0.15, -0.1) is 11.3 Å². The number of ether oxygens (including phenoxy) is 1. The normalized spacial score (nSPS) is 10.3. The minimum absolute atomic E-state index is 0.273. The molecule has 0 aliphatic carbocycles. The van der Waals surface area contributed by atoms with E-state index in [0.29, 0.717) is 30.1 Å². The van der Waals surface area contributed by atoms with E-state index < -0.39 is 0 Å². The van der Waals surface area contributed by atoms with Gasteiger partial charge in [-0.1, -0.05) is 25.5 Å². The second kappa shape index (κ2) is 14.0. The summed E-state index contributed by atoms with van der Waals surface area (Å²) in [4.78, 5) is 28.7. The van der Waals surface area contributed by atoms with Gasteiger partial charge in [0.1, 0.15) is 11.2 Å². The van der Waals surface area contributed by atoms with Crippen molar-refractivity contribution in [1.82, 2.24) is 9.55 Å². The molecule has 4 aromatic rings. The van der Waals surface area contributed by atoms with Gasteiger partial charge in [0.15, 0.2) is 0 Å². The molecule has 0 aliphatic rings. The first kappa shape index (κ1) is 27.6. The molecule has 2 heterocycles. The average Bonchev–Trinajstić information content (AvgIpc) is 3.54. The summed E-state index contributed by atoms with van der Waals surface area (Å²) >= 11 is 1.45. The number of anilines is 1. The maximum Gasteiger partial charge on any atom is 0.348 e. The summed E-state index contributed by atoms with van der Waals surface area (Å²) in [6.07, 6.45) is 7.57. The summed E-state index contributed by atoms with van der Waals surface area (Å²) in [5.74, 6) is -0.273. The van der Waals surface area contributed by atoms with Crippen LogP contribution < -0.4 is 4.90 Å². The summed E-state index contributed by atoms with van der Waals surface area (Å²) in [7, 11) is 2.04. The zero-order chi connectivity index (χ0) is 26.6. The number of hydrogen-bond donors (Lipinski definition) is 0. The maximum atomic E-state index is 12.0. The topological polar surface area (TPSA) is 88.2 Å². The Kier molecular flexibility index (Phi) is 10.4.